The van der Waals surface area contributed by atoms with Crippen molar-refractivity contribution in [1.82, 2.24) is 0 Å². The monoisotopic (exact) mass is 315 g/mol. The zero-order valence-corrected chi connectivity index (χ0v) is 13.8. The largest absolute Gasteiger partial charge is 0.481 e. The minimum absolute atomic E-state index is 0.303. The Labute approximate surface area is 134 Å². The Morgan fingerprint density at radius 3 is 1.41 bits per heavy atom. The fourth-order valence-electron chi connectivity index (χ4n) is 2.53. The van der Waals surface area contributed by atoms with E-state index in [-0.39, 0.29) is 0 Å². The SMILES string of the molecule is NC(CCCCCCCCCCCCCCC(=O)O)C(=O)O. The summed E-state index contributed by atoms with van der Waals surface area (Å²) in [5.41, 5.74) is 5.44. The zero-order chi connectivity index (χ0) is 16.6. The van der Waals surface area contributed by atoms with E-state index in [4.69, 9.17) is 15.9 Å². The average Bonchev–Trinajstić information content (AvgIpc) is 2.46. The fraction of sp³-hybridized carbons (Fsp3) is 0.882. The van der Waals surface area contributed by atoms with Crippen LogP contribution in [0.3, 0.4) is 0 Å². The average molecular weight is 315 g/mol. The number of aliphatic carboxylic acids is 2. The standard InChI is InChI=1S/C17H33NO4/c18-15(17(21)22)13-11-9-7-5-3-1-2-4-6-8-10-12-14-16(19)20/h15H,1-14,18H2,(H,19,20)(H,21,22). The first-order valence-electron chi connectivity index (χ1n) is 8.74. The molecule has 0 heterocycles. The molecule has 0 rings (SSSR count). The van der Waals surface area contributed by atoms with E-state index < -0.39 is 18.0 Å². The van der Waals surface area contributed by atoms with Crippen LogP contribution < -0.4 is 5.73 Å². The van der Waals surface area contributed by atoms with Crippen LogP contribution in [0.2, 0.25) is 0 Å². The summed E-state index contributed by atoms with van der Waals surface area (Å²) in [5.74, 6) is -1.59. The fourth-order valence-corrected chi connectivity index (χ4v) is 2.53. The summed E-state index contributed by atoms with van der Waals surface area (Å²) in [7, 11) is 0. The third-order valence-electron chi connectivity index (χ3n) is 3.97. The second kappa shape index (κ2) is 14.8. The second-order valence-electron chi connectivity index (χ2n) is 6.12. The Morgan fingerprint density at radius 2 is 1.05 bits per heavy atom. The lowest BCUT2D eigenvalue weighted by Crippen LogP contribution is -2.29. The molecular weight excluding hydrogens is 282 g/mol. The summed E-state index contributed by atoms with van der Waals surface area (Å²) in [6.07, 6.45) is 14.5. The van der Waals surface area contributed by atoms with Gasteiger partial charge in [0, 0.05) is 6.42 Å². The normalized spacial score (nSPS) is 12.2. The highest BCUT2D eigenvalue weighted by Crippen LogP contribution is 2.13. The molecule has 4 N–H and O–H groups in total. The van der Waals surface area contributed by atoms with E-state index in [0.717, 1.165) is 32.1 Å². The van der Waals surface area contributed by atoms with Gasteiger partial charge in [-0.25, -0.2) is 0 Å². The molecule has 5 heteroatoms. The maximum Gasteiger partial charge on any atom is 0.320 e. The smallest absolute Gasteiger partial charge is 0.320 e. The number of rotatable bonds is 16. The van der Waals surface area contributed by atoms with E-state index in [1.54, 1.807) is 0 Å². The van der Waals surface area contributed by atoms with Crippen LogP contribution in [0.5, 0.6) is 0 Å². The quantitative estimate of drug-likeness (QED) is 0.374. The summed E-state index contributed by atoms with van der Waals surface area (Å²) >= 11 is 0. The lowest BCUT2D eigenvalue weighted by molar-refractivity contribution is -0.139. The van der Waals surface area contributed by atoms with Gasteiger partial charge in [-0.3, -0.25) is 9.59 Å². The number of carboxylic acids is 2. The Morgan fingerprint density at radius 1 is 0.682 bits per heavy atom. The molecule has 5 nitrogen and oxygen atoms in total. The minimum atomic E-state index is -0.900. The van der Waals surface area contributed by atoms with Crippen LogP contribution >= 0.6 is 0 Å². The number of unbranched alkanes of at least 4 members (excludes halogenated alkanes) is 11. The van der Waals surface area contributed by atoms with Gasteiger partial charge in [0.1, 0.15) is 6.04 Å². The zero-order valence-electron chi connectivity index (χ0n) is 13.8. The van der Waals surface area contributed by atoms with E-state index in [9.17, 15) is 9.59 Å². The van der Waals surface area contributed by atoms with Crippen LogP contribution in [0.4, 0.5) is 0 Å². The van der Waals surface area contributed by atoms with Gasteiger partial charge in [-0.05, 0) is 12.8 Å². The molecule has 0 radical (unpaired) electrons. The summed E-state index contributed by atoms with van der Waals surface area (Å²) < 4.78 is 0. The number of carbonyl (C=O) groups is 2. The number of carboxylic acid groups (broad SMARTS) is 2. The molecular formula is C17H33NO4. The van der Waals surface area contributed by atoms with Gasteiger partial charge >= 0.3 is 11.9 Å². The topological polar surface area (TPSA) is 101 Å². The molecule has 0 aromatic rings. The molecule has 0 aromatic carbocycles. The maximum atomic E-state index is 10.5. The van der Waals surface area contributed by atoms with Gasteiger partial charge in [-0.15, -0.1) is 0 Å². The van der Waals surface area contributed by atoms with Crippen molar-refractivity contribution in [1.29, 1.82) is 0 Å². The molecule has 0 spiro atoms. The summed E-state index contributed by atoms with van der Waals surface area (Å²) in [4.78, 5) is 20.9. The van der Waals surface area contributed by atoms with E-state index >= 15 is 0 Å². The van der Waals surface area contributed by atoms with Crippen molar-refractivity contribution in [2.75, 3.05) is 0 Å². The van der Waals surface area contributed by atoms with E-state index in [2.05, 4.69) is 0 Å². The van der Waals surface area contributed by atoms with Gasteiger partial charge in [-0.1, -0.05) is 70.6 Å². The first-order valence-corrected chi connectivity index (χ1v) is 8.74. The number of hydrogen-bond donors (Lipinski definition) is 3. The van der Waals surface area contributed by atoms with Gasteiger partial charge in [0.25, 0.3) is 0 Å². The molecule has 0 aliphatic heterocycles. The summed E-state index contributed by atoms with van der Waals surface area (Å²) in [6, 6.07) is -0.699. The molecule has 0 fully saturated rings. The molecule has 0 aromatic heterocycles. The Balaban J connectivity index is 3.08. The van der Waals surface area contributed by atoms with E-state index in [1.165, 1.54) is 44.9 Å². The molecule has 130 valence electrons. The number of hydrogen-bond acceptors (Lipinski definition) is 3. The Bertz CT molecular complexity index is 294. The predicted octanol–water partition coefficient (Wildman–Crippen LogP) is 3.94. The van der Waals surface area contributed by atoms with Crippen molar-refractivity contribution in [3.8, 4) is 0 Å². The Kier molecular flexibility index (Phi) is 14.1. The molecule has 0 aliphatic rings. The summed E-state index contributed by atoms with van der Waals surface area (Å²) in [6.45, 7) is 0. The van der Waals surface area contributed by atoms with Gasteiger partial charge in [0.15, 0.2) is 0 Å². The maximum absolute atomic E-state index is 10.5. The molecule has 1 atom stereocenters. The van der Waals surface area contributed by atoms with Gasteiger partial charge < -0.3 is 15.9 Å². The van der Waals surface area contributed by atoms with Gasteiger partial charge in [0.2, 0.25) is 0 Å². The van der Waals surface area contributed by atoms with Crippen molar-refractivity contribution in [2.45, 2.75) is 95.9 Å². The lowest BCUT2D eigenvalue weighted by atomic mass is 10.0. The first-order chi connectivity index (χ1) is 10.5. The van der Waals surface area contributed by atoms with Crippen LogP contribution in [0.25, 0.3) is 0 Å². The van der Waals surface area contributed by atoms with Crippen LogP contribution in [-0.2, 0) is 9.59 Å². The molecule has 0 aliphatic carbocycles. The van der Waals surface area contributed by atoms with Crippen molar-refractivity contribution < 1.29 is 19.8 Å². The van der Waals surface area contributed by atoms with Crippen LogP contribution in [0.1, 0.15) is 89.9 Å². The molecule has 1 unspecified atom stereocenters. The van der Waals surface area contributed by atoms with Crippen molar-refractivity contribution >= 4 is 11.9 Å². The molecule has 0 saturated heterocycles. The third-order valence-corrected chi connectivity index (χ3v) is 3.97. The van der Waals surface area contributed by atoms with Crippen LogP contribution in [0, 0.1) is 0 Å². The molecule has 22 heavy (non-hydrogen) atoms. The first kappa shape index (κ1) is 20.9. The van der Waals surface area contributed by atoms with Gasteiger partial charge in [-0.2, -0.15) is 0 Å². The summed E-state index contributed by atoms with van der Waals surface area (Å²) in [5, 5.41) is 17.2. The van der Waals surface area contributed by atoms with Crippen LogP contribution in [-0.4, -0.2) is 28.2 Å². The van der Waals surface area contributed by atoms with Crippen LogP contribution in [0.15, 0.2) is 0 Å². The van der Waals surface area contributed by atoms with Crippen molar-refractivity contribution in [3.63, 3.8) is 0 Å². The Hall–Kier alpha value is -1.10. The lowest BCUT2D eigenvalue weighted by Gasteiger charge is -2.06. The molecule has 0 saturated carbocycles. The molecule has 0 amide bonds. The van der Waals surface area contributed by atoms with E-state index in [1.807, 2.05) is 0 Å². The second-order valence-corrected chi connectivity index (χ2v) is 6.12. The number of nitrogens with two attached hydrogens (primary N) is 1. The highest BCUT2D eigenvalue weighted by molar-refractivity contribution is 5.72. The van der Waals surface area contributed by atoms with Gasteiger partial charge in [0.05, 0.1) is 0 Å². The van der Waals surface area contributed by atoms with Crippen molar-refractivity contribution in [2.24, 2.45) is 5.73 Å². The highest BCUT2D eigenvalue weighted by atomic mass is 16.4. The van der Waals surface area contributed by atoms with Crippen molar-refractivity contribution in [3.05, 3.63) is 0 Å². The van der Waals surface area contributed by atoms with E-state index in [0.29, 0.717) is 12.8 Å². The highest BCUT2D eigenvalue weighted by Gasteiger charge is 2.09. The predicted molar refractivity (Wildman–Crippen MR) is 87.9 cm³/mol. The minimum Gasteiger partial charge on any atom is -0.481 e. The molecule has 0 bridgehead atoms. The third kappa shape index (κ3) is 15.3.